The molecule has 0 rings (SSSR count). The van der Waals surface area contributed by atoms with Crippen molar-refractivity contribution in [3.05, 3.63) is 0 Å². The second kappa shape index (κ2) is 10.8. The van der Waals surface area contributed by atoms with E-state index in [1.165, 1.54) is 12.8 Å². The molecular weight excluding hydrogens is 152 g/mol. The van der Waals surface area contributed by atoms with Gasteiger partial charge in [-0.15, -0.1) is 0 Å². The molecule has 0 fully saturated rings. The molecule has 1 atom stereocenters. The summed E-state index contributed by atoms with van der Waals surface area (Å²) in [4.78, 5) is 0. The highest BCUT2D eigenvalue weighted by molar-refractivity contribution is 4.54. The third-order valence-electron chi connectivity index (χ3n) is 1.58. The summed E-state index contributed by atoms with van der Waals surface area (Å²) in [6, 6.07) is 0.351. The predicted octanol–water partition coefficient (Wildman–Crippen LogP) is 0.214. The van der Waals surface area contributed by atoms with Crippen molar-refractivity contribution < 1.29 is 0 Å². The maximum atomic E-state index is 5.59. The number of rotatable bonds is 7. The van der Waals surface area contributed by atoms with Gasteiger partial charge in [-0.3, -0.25) is 0 Å². The Hall–Kier alpha value is -0.160. The first-order chi connectivity index (χ1) is 5.27. The lowest BCUT2D eigenvalue weighted by Crippen LogP contribution is -2.23. The fourth-order valence-corrected chi connectivity index (χ4v) is 0.943. The molecule has 0 aromatic carbocycles. The minimum atomic E-state index is 0. The van der Waals surface area contributed by atoms with Crippen LogP contribution in [0.2, 0.25) is 0 Å². The number of nitrogens with one attached hydrogen (secondary N) is 1. The molecule has 4 heteroatoms. The van der Waals surface area contributed by atoms with E-state index in [0.29, 0.717) is 6.04 Å². The van der Waals surface area contributed by atoms with Crippen LogP contribution < -0.4 is 22.9 Å². The molecule has 0 aromatic heterocycles. The molecule has 0 aromatic rings. The Morgan fingerprint density at radius 3 is 2.42 bits per heavy atom. The van der Waals surface area contributed by atoms with E-state index >= 15 is 0 Å². The first-order valence-corrected chi connectivity index (χ1v) is 4.43. The predicted molar refractivity (Wildman–Crippen MR) is 54.4 cm³/mol. The molecule has 76 valence electrons. The molecule has 0 spiro atoms. The molecule has 0 aliphatic heterocycles. The Balaban J connectivity index is 0. The lowest BCUT2D eigenvalue weighted by molar-refractivity contribution is 0.566. The van der Waals surface area contributed by atoms with Crippen LogP contribution in [-0.4, -0.2) is 25.7 Å². The van der Waals surface area contributed by atoms with Crippen LogP contribution in [0.15, 0.2) is 0 Å². The van der Waals surface area contributed by atoms with Crippen LogP contribution in [0.5, 0.6) is 0 Å². The topological polar surface area (TPSA) is 99.1 Å². The van der Waals surface area contributed by atoms with E-state index in [2.05, 4.69) is 5.32 Å². The monoisotopic (exact) mass is 176 g/mol. The fraction of sp³-hybridized carbons (Fsp3) is 1.00. The van der Waals surface area contributed by atoms with Crippen molar-refractivity contribution in [1.82, 2.24) is 11.5 Å². The largest absolute Gasteiger partial charge is 0.344 e. The fourth-order valence-electron chi connectivity index (χ4n) is 0.943. The van der Waals surface area contributed by atoms with Gasteiger partial charge in [-0.25, -0.2) is 0 Å². The van der Waals surface area contributed by atoms with Crippen molar-refractivity contribution in [3.63, 3.8) is 0 Å². The highest BCUT2D eigenvalue weighted by Gasteiger charge is 1.92. The summed E-state index contributed by atoms with van der Waals surface area (Å²) < 4.78 is 0. The van der Waals surface area contributed by atoms with Crippen molar-refractivity contribution in [2.45, 2.75) is 32.2 Å². The first kappa shape index (κ1) is 14.4. The molecule has 0 heterocycles. The molecule has 0 aliphatic carbocycles. The van der Waals surface area contributed by atoms with Gasteiger partial charge >= 0.3 is 0 Å². The van der Waals surface area contributed by atoms with Crippen LogP contribution in [0, 0.1) is 0 Å². The maximum Gasteiger partial charge on any atom is 0.00745 e. The molecule has 0 aliphatic rings. The molecule has 12 heavy (non-hydrogen) atoms. The molecule has 0 saturated carbocycles. The third-order valence-corrected chi connectivity index (χ3v) is 1.58. The highest BCUT2D eigenvalue weighted by atomic mass is 14.9. The quantitative estimate of drug-likeness (QED) is 0.417. The molecule has 1 unspecified atom stereocenters. The maximum absolute atomic E-state index is 5.59. The van der Waals surface area contributed by atoms with Crippen LogP contribution in [0.25, 0.3) is 0 Å². The minimum Gasteiger partial charge on any atom is -0.344 e. The van der Waals surface area contributed by atoms with E-state index in [1.54, 1.807) is 0 Å². The van der Waals surface area contributed by atoms with E-state index in [0.717, 1.165) is 26.1 Å². The average molecular weight is 176 g/mol. The van der Waals surface area contributed by atoms with Crippen molar-refractivity contribution in [2.75, 3.05) is 19.6 Å². The van der Waals surface area contributed by atoms with Gasteiger partial charge in [-0.1, -0.05) is 6.42 Å². The molecule has 0 amide bonds. The van der Waals surface area contributed by atoms with Crippen molar-refractivity contribution in [3.8, 4) is 0 Å². The number of hydrogen-bond acceptors (Lipinski definition) is 4. The summed E-state index contributed by atoms with van der Waals surface area (Å²) in [5.74, 6) is 0. The summed E-state index contributed by atoms with van der Waals surface area (Å²) in [7, 11) is 0. The average Bonchev–Trinajstić information content (AvgIpc) is 1.96. The van der Waals surface area contributed by atoms with E-state index in [-0.39, 0.29) is 6.15 Å². The Morgan fingerprint density at radius 2 is 1.92 bits per heavy atom. The highest BCUT2D eigenvalue weighted by Crippen LogP contribution is 1.96. The van der Waals surface area contributed by atoms with E-state index in [1.807, 2.05) is 6.92 Å². The van der Waals surface area contributed by atoms with Crippen molar-refractivity contribution >= 4 is 0 Å². The summed E-state index contributed by atoms with van der Waals surface area (Å²) >= 11 is 0. The zero-order valence-corrected chi connectivity index (χ0v) is 8.18. The minimum absolute atomic E-state index is 0. The van der Waals surface area contributed by atoms with Crippen LogP contribution in [0.3, 0.4) is 0 Å². The summed E-state index contributed by atoms with van der Waals surface area (Å²) in [5, 5.41) is 3.24. The van der Waals surface area contributed by atoms with Crippen LogP contribution in [0.1, 0.15) is 26.2 Å². The number of unbranched alkanes of at least 4 members (excludes halogenated alkanes) is 1. The van der Waals surface area contributed by atoms with E-state index in [9.17, 15) is 0 Å². The molecular formula is C8H24N4. The summed E-state index contributed by atoms with van der Waals surface area (Å²) in [6.45, 7) is 4.78. The second-order valence-corrected chi connectivity index (χ2v) is 3.01. The Labute approximate surface area is 75.7 Å². The Bertz CT molecular complexity index is 75.5. The lowest BCUT2D eigenvalue weighted by Gasteiger charge is -2.04. The van der Waals surface area contributed by atoms with Gasteiger partial charge in [0.05, 0.1) is 0 Å². The standard InChI is InChI=1S/C8H21N3.H3N/c1-8(10)4-2-3-6-11-7-5-9;/h8,11H,2-7,9-10H2,1H3;1H3. The zero-order chi connectivity index (χ0) is 8.53. The normalized spacial score (nSPS) is 12.2. The van der Waals surface area contributed by atoms with Crippen LogP contribution in [-0.2, 0) is 0 Å². The zero-order valence-electron chi connectivity index (χ0n) is 8.18. The summed E-state index contributed by atoms with van der Waals surface area (Å²) in [5.41, 5.74) is 10.9. The molecule has 0 saturated heterocycles. The van der Waals surface area contributed by atoms with Crippen LogP contribution >= 0.6 is 0 Å². The lowest BCUT2D eigenvalue weighted by atomic mass is 10.1. The Morgan fingerprint density at radius 1 is 1.25 bits per heavy atom. The second-order valence-electron chi connectivity index (χ2n) is 3.01. The molecule has 0 radical (unpaired) electrons. The third kappa shape index (κ3) is 12.5. The Kier molecular flexibility index (Phi) is 13.0. The SMILES string of the molecule is CC(N)CCCCNCCN.N. The van der Waals surface area contributed by atoms with E-state index < -0.39 is 0 Å². The first-order valence-electron chi connectivity index (χ1n) is 4.43. The van der Waals surface area contributed by atoms with Crippen molar-refractivity contribution in [2.24, 2.45) is 11.5 Å². The van der Waals surface area contributed by atoms with E-state index in [4.69, 9.17) is 11.5 Å². The molecule has 8 N–H and O–H groups in total. The van der Waals surface area contributed by atoms with Crippen molar-refractivity contribution in [1.29, 1.82) is 0 Å². The molecule has 4 nitrogen and oxygen atoms in total. The van der Waals surface area contributed by atoms with Gasteiger partial charge in [-0.05, 0) is 26.3 Å². The van der Waals surface area contributed by atoms with Gasteiger partial charge in [0.1, 0.15) is 0 Å². The smallest absolute Gasteiger partial charge is 0.00745 e. The van der Waals surface area contributed by atoms with Gasteiger partial charge in [0, 0.05) is 19.1 Å². The van der Waals surface area contributed by atoms with Gasteiger partial charge in [-0.2, -0.15) is 0 Å². The van der Waals surface area contributed by atoms with Gasteiger partial charge in [0.15, 0.2) is 0 Å². The number of nitrogens with two attached hydrogens (primary N) is 2. The van der Waals surface area contributed by atoms with Gasteiger partial charge < -0.3 is 22.9 Å². The number of hydrogen-bond donors (Lipinski definition) is 4. The molecule has 0 bridgehead atoms. The van der Waals surface area contributed by atoms with Gasteiger partial charge in [0.25, 0.3) is 0 Å². The van der Waals surface area contributed by atoms with Gasteiger partial charge in [0.2, 0.25) is 0 Å². The summed E-state index contributed by atoms with van der Waals surface area (Å²) in [6.07, 6.45) is 3.56. The van der Waals surface area contributed by atoms with Crippen LogP contribution in [0.4, 0.5) is 0 Å².